The number of anilines is 1. The predicted octanol–water partition coefficient (Wildman–Crippen LogP) is 3.88. The van der Waals surface area contributed by atoms with Gasteiger partial charge in [-0.2, -0.15) is 5.10 Å². The normalized spacial score (nSPS) is 16.2. The maximum atomic E-state index is 13.8. The van der Waals surface area contributed by atoms with Gasteiger partial charge >= 0.3 is 0 Å². The maximum absolute atomic E-state index is 13.8. The average molecular weight is 448 g/mol. The van der Waals surface area contributed by atoms with Crippen molar-refractivity contribution in [3.8, 4) is 0 Å². The van der Waals surface area contributed by atoms with Gasteiger partial charge in [0.05, 0.1) is 11.7 Å². The number of amides is 2. The topological polar surface area (TPSA) is 73.8 Å². The Hall–Kier alpha value is -4.07. The van der Waals surface area contributed by atoms with Gasteiger partial charge < -0.3 is 10.6 Å². The summed E-state index contributed by atoms with van der Waals surface area (Å²) in [5, 5.41) is 11.4. The van der Waals surface area contributed by atoms with Crippen molar-refractivity contribution < 1.29 is 18.4 Å². The van der Waals surface area contributed by atoms with Crippen LogP contribution in [0, 0.1) is 11.6 Å². The monoisotopic (exact) mass is 448 g/mol. The second kappa shape index (κ2) is 9.60. The van der Waals surface area contributed by atoms with Crippen molar-refractivity contribution in [1.29, 1.82) is 0 Å². The molecule has 2 atom stereocenters. The van der Waals surface area contributed by atoms with E-state index in [0.29, 0.717) is 6.42 Å². The molecule has 3 aromatic carbocycles. The first-order valence-corrected chi connectivity index (χ1v) is 10.4. The molecule has 2 unspecified atom stereocenters. The second-order valence-electron chi connectivity index (χ2n) is 7.55. The summed E-state index contributed by atoms with van der Waals surface area (Å²) >= 11 is 0. The van der Waals surface area contributed by atoms with Crippen LogP contribution in [0.4, 0.5) is 14.5 Å². The Kier molecular flexibility index (Phi) is 6.44. The van der Waals surface area contributed by atoms with E-state index >= 15 is 0 Å². The molecular weight excluding hydrogens is 426 g/mol. The summed E-state index contributed by atoms with van der Waals surface area (Å²) in [7, 11) is 1.40. The van der Waals surface area contributed by atoms with E-state index < -0.39 is 29.5 Å². The van der Waals surface area contributed by atoms with Gasteiger partial charge in [0.25, 0.3) is 5.91 Å². The zero-order valence-corrected chi connectivity index (χ0v) is 17.8. The molecule has 1 aliphatic rings. The predicted molar refractivity (Wildman–Crippen MR) is 121 cm³/mol. The molecule has 0 radical (unpaired) electrons. The highest BCUT2D eigenvalue weighted by Gasteiger charge is 2.34. The van der Waals surface area contributed by atoms with E-state index in [2.05, 4.69) is 15.7 Å². The number of likely N-dealkylation sites (N-methyl/N-ethyl adjacent to an activating group) is 1. The van der Waals surface area contributed by atoms with E-state index in [1.807, 2.05) is 60.7 Å². The molecule has 0 saturated carbocycles. The summed E-state index contributed by atoms with van der Waals surface area (Å²) < 4.78 is 27.1. The van der Waals surface area contributed by atoms with E-state index in [0.717, 1.165) is 23.4 Å². The number of carbonyl (C=O) groups is 2. The largest absolute Gasteiger partial charge is 0.357 e. The molecule has 3 aromatic rings. The number of halogens is 2. The van der Waals surface area contributed by atoms with E-state index in [1.54, 1.807) is 5.01 Å². The molecule has 168 valence electrons. The van der Waals surface area contributed by atoms with Crippen LogP contribution in [-0.4, -0.2) is 24.6 Å². The number of nitrogens with one attached hydrogen (secondary N) is 2. The quantitative estimate of drug-likeness (QED) is 0.601. The molecule has 0 saturated heterocycles. The minimum atomic E-state index is -1.21. The molecule has 2 amide bonds. The Morgan fingerprint density at radius 2 is 1.64 bits per heavy atom. The fraction of sp³-hybridized carbons (Fsp3) is 0.160. The minimum absolute atomic E-state index is 0.125. The summed E-state index contributed by atoms with van der Waals surface area (Å²) in [4.78, 5) is 25.6. The standard InChI is InChI=1S/C25H22F2N4O2/c1-28-25(33)23(17-12-13-19(26)20(27)14-17)29-24(32)21-15-22(16-8-4-2-5-9-16)31(30-21)18-10-6-3-7-11-18/h2-14,22-23H,15H2,1H3,(H,28,33)(H,29,32). The summed E-state index contributed by atoms with van der Waals surface area (Å²) in [6.45, 7) is 0. The molecule has 4 rings (SSSR count). The Bertz CT molecular complexity index is 1190. The molecule has 6 nitrogen and oxygen atoms in total. The van der Waals surface area contributed by atoms with Gasteiger partial charge in [-0.3, -0.25) is 14.6 Å². The molecule has 0 fully saturated rings. The van der Waals surface area contributed by atoms with Crippen LogP contribution >= 0.6 is 0 Å². The van der Waals surface area contributed by atoms with Gasteiger partial charge in [-0.05, 0) is 35.4 Å². The van der Waals surface area contributed by atoms with Crippen LogP contribution in [0.2, 0.25) is 0 Å². The summed E-state index contributed by atoms with van der Waals surface area (Å²) in [5.41, 5.74) is 2.15. The molecule has 1 aliphatic heterocycles. The fourth-order valence-electron chi connectivity index (χ4n) is 3.75. The van der Waals surface area contributed by atoms with Crippen LogP contribution < -0.4 is 15.6 Å². The fourth-order valence-corrected chi connectivity index (χ4v) is 3.75. The van der Waals surface area contributed by atoms with Crippen molar-refractivity contribution in [1.82, 2.24) is 10.6 Å². The van der Waals surface area contributed by atoms with Crippen LogP contribution in [0.5, 0.6) is 0 Å². The van der Waals surface area contributed by atoms with Crippen molar-refractivity contribution in [2.45, 2.75) is 18.5 Å². The van der Waals surface area contributed by atoms with Gasteiger partial charge in [-0.15, -0.1) is 0 Å². The number of nitrogens with zero attached hydrogens (tertiary/aromatic N) is 2. The highest BCUT2D eigenvalue weighted by Crippen LogP contribution is 2.35. The van der Waals surface area contributed by atoms with E-state index in [-0.39, 0.29) is 17.3 Å². The van der Waals surface area contributed by atoms with Crippen molar-refractivity contribution in [3.63, 3.8) is 0 Å². The molecule has 8 heteroatoms. The molecule has 33 heavy (non-hydrogen) atoms. The lowest BCUT2D eigenvalue weighted by atomic mass is 10.0. The third kappa shape index (κ3) is 4.74. The van der Waals surface area contributed by atoms with Crippen LogP contribution in [0.15, 0.2) is 84.0 Å². The first-order valence-electron chi connectivity index (χ1n) is 10.4. The zero-order valence-electron chi connectivity index (χ0n) is 17.8. The molecule has 0 aromatic heterocycles. The number of hydrogen-bond acceptors (Lipinski definition) is 4. The maximum Gasteiger partial charge on any atom is 0.268 e. The van der Waals surface area contributed by atoms with Crippen LogP contribution in [0.1, 0.15) is 29.6 Å². The average Bonchev–Trinajstić information content (AvgIpc) is 3.30. The van der Waals surface area contributed by atoms with Gasteiger partial charge in [0, 0.05) is 13.5 Å². The van der Waals surface area contributed by atoms with Gasteiger partial charge in [0.15, 0.2) is 11.6 Å². The van der Waals surface area contributed by atoms with Crippen LogP contribution in [0.25, 0.3) is 0 Å². The van der Waals surface area contributed by atoms with E-state index in [1.165, 1.54) is 13.1 Å². The minimum Gasteiger partial charge on any atom is -0.357 e. The first kappa shape index (κ1) is 22.1. The number of benzene rings is 3. The third-order valence-electron chi connectivity index (χ3n) is 5.44. The van der Waals surface area contributed by atoms with E-state index in [4.69, 9.17) is 0 Å². The highest BCUT2D eigenvalue weighted by molar-refractivity contribution is 6.40. The van der Waals surface area contributed by atoms with Gasteiger partial charge in [0.2, 0.25) is 5.91 Å². The summed E-state index contributed by atoms with van der Waals surface area (Å²) in [6.07, 6.45) is 0.309. The van der Waals surface area contributed by atoms with Crippen molar-refractivity contribution >= 4 is 23.2 Å². The SMILES string of the molecule is CNC(=O)C(NC(=O)C1=NN(c2ccccc2)C(c2ccccc2)C1)c1ccc(F)c(F)c1. The number of hydrazone groups is 1. The van der Waals surface area contributed by atoms with E-state index in [9.17, 15) is 18.4 Å². The summed E-state index contributed by atoms with van der Waals surface area (Å²) in [5.74, 6) is -3.27. The first-order chi connectivity index (χ1) is 16.0. The van der Waals surface area contributed by atoms with Gasteiger partial charge in [0.1, 0.15) is 11.8 Å². The molecule has 0 spiro atoms. The molecular formula is C25H22F2N4O2. The lowest BCUT2D eigenvalue weighted by Gasteiger charge is -2.23. The van der Waals surface area contributed by atoms with Crippen molar-refractivity contribution in [2.75, 3.05) is 12.1 Å². The van der Waals surface area contributed by atoms with Gasteiger partial charge in [-0.25, -0.2) is 8.78 Å². The molecule has 0 bridgehead atoms. The number of rotatable bonds is 6. The van der Waals surface area contributed by atoms with Crippen LogP contribution in [0.3, 0.4) is 0 Å². The summed E-state index contributed by atoms with van der Waals surface area (Å²) in [6, 6.07) is 20.8. The molecule has 1 heterocycles. The highest BCUT2D eigenvalue weighted by atomic mass is 19.2. The van der Waals surface area contributed by atoms with Crippen molar-refractivity contribution in [2.24, 2.45) is 5.10 Å². The molecule has 0 aliphatic carbocycles. The van der Waals surface area contributed by atoms with Crippen molar-refractivity contribution in [3.05, 3.63) is 102 Å². The smallest absolute Gasteiger partial charge is 0.268 e. The molecule has 2 N–H and O–H groups in total. The Labute approximate surface area is 189 Å². The number of carbonyl (C=O) groups excluding carboxylic acids is 2. The lowest BCUT2D eigenvalue weighted by Crippen LogP contribution is -2.41. The zero-order chi connectivity index (χ0) is 23.4. The lowest BCUT2D eigenvalue weighted by molar-refractivity contribution is -0.126. The Morgan fingerprint density at radius 3 is 2.27 bits per heavy atom. The second-order valence-corrected chi connectivity index (χ2v) is 7.55. The Morgan fingerprint density at radius 1 is 0.970 bits per heavy atom. The van der Waals surface area contributed by atoms with Crippen LogP contribution in [-0.2, 0) is 9.59 Å². The van der Waals surface area contributed by atoms with Gasteiger partial charge in [-0.1, -0.05) is 54.6 Å². The third-order valence-corrected chi connectivity index (χ3v) is 5.44. The number of para-hydroxylation sites is 1. The number of hydrogen-bond donors (Lipinski definition) is 2. The Balaban J connectivity index is 1.63.